The molecule has 1 aliphatic heterocycles. The van der Waals surface area contributed by atoms with E-state index in [9.17, 15) is 4.79 Å². The molecule has 0 aliphatic carbocycles. The fourth-order valence-electron chi connectivity index (χ4n) is 3.01. The Morgan fingerprint density at radius 1 is 0.964 bits per heavy atom. The van der Waals surface area contributed by atoms with Crippen molar-refractivity contribution in [3.63, 3.8) is 0 Å². The fourth-order valence-corrected chi connectivity index (χ4v) is 3.98. The molecule has 0 radical (unpaired) electrons. The fraction of sp³-hybridized carbons (Fsp3) is 0.182. The number of pyridine rings is 1. The van der Waals surface area contributed by atoms with Crippen LogP contribution in [0.1, 0.15) is 10.4 Å². The third kappa shape index (κ3) is 4.52. The van der Waals surface area contributed by atoms with E-state index in [-0.39, 0.29) is 5.91 Å². The first-order valence-electron chi connectivity index (χ1n) is 9.21. The van der Waals surface area contributed by atoms with Crippen molar-refractivity contribution in [2.75, 3.05) is 36.5 Å². The molecule has 3 aromatic rings. The summed E-state index contributed by atoms with van der Waals surface area (Å²) in [6.07, 6.45) is 1.80. The second-order valence-electron chi connectivity index (χ2n) is 6.37. The Morgan fingerprint density at radius 2 is 1.71 bits per heavy atom. The summed E-state index contributed by atoms with van der Waals surface area (Å²) in [5.74, 6) is 0.382. The van der Waals surface area contributed by atoms with Crippen LogP contribution >= 0.6 is 11.8 Å². The average molecular weight is 391 g/mol. The molecule has 1 N–H and O–H groups in total. The van der Waals surface area contributed by atoms with Crippen molar-refractivity contribution >= 4 is 29.2 Å². The highest BCUT2D eigenvalue weighted by Gasteiger charge is 2.14. The number of aromatic nitrogens is 1. The van der Waals surface area contributed by atoms with E-state index >= 15 is 0 Å². The molecule has 1 saturated heterocycles. The van der Waals surface area contributed by atoms with Gasteiger partial charge in [0.1, 0.15) is 5.82 Å². The van der Waals surface area contributed by atoms with Crippen molar-refractivity contribution in [2.24, 2.45) is 0 Å². The highest BCUT2D eigenvalue weighted by Crippen LogP contribution is 2.30. The monoisotopic (exact) mass is 391 g/mol. The molecule has 1 fully saturated rings. The Labute approximate surface area is 168 Å². The molecule has 142 valence electrons. The van der Waals surface area contributed by atoms with Gasteiger partial charge < -0.3 is 15.0 Å². The zero-order chi connectivity index (χ0) is 19.2. The lowest BCUT2D eigenvalue weighted by atomic mass is 10.2. The zero-order valence-corrected chi connectivity index (χ0v) is 16.2. The molecule has 0 bridgehead atoms. The van der Waals surface area contributed by atoms with Gasteiger partial charge in [0.15, 0.2) is 0 Å². The molecule has 5 nitrogen and oxygen atoms in total. The highest BCUT2D eigenvalue weighted by atomic mass is 32.2. The van der Waals surface area contributed by atoms with Crippen molar-refractivity contribution in [2.45, 2.75) is 9.79 Å². The van der Waals surface area contributed by atoms with E-state index in [2.05, 4.69) is 15.2 Å². The van der Waals surface area contributed by atoms with Crippen molar-refractivity contribution in [1.29, 1.82) is 0 Å². The van der Waals surface area contributed by atoms with Gasteiger partial charge in [-0.2, -0.15) is 0 Å². The van der Waals surface area contributed by atoms with E-state index < -0.39 is 0 Å². The largest absolute Gasteiger partial charge is 0.378 e. The Bertz CT molecular complexity index is 926. The van der Waals surface area contributed by atoms with Crippen molar-refractivity contribution in [1.82, 2.24) is 4.98 Å². The van der Waals surface area contributed by atoms with E-state index in [4.69, 9.17) is 4.74 Å². The van der Waals surface area contributed by atoms with Crippen LogP contribution in [0, 0.1) is 0 Å². The minimum absolute atomic E-state index is 0.161. The third-order valence-corrected chi connectivity index (χ3v) is 5.55. The summed E-state index contributed by atoms with van der Waals surface area (Å²) in [7, 11) is 0. The van der Waals surface area contributed by atoms with Gasteiger partial charge in [-0.15, -0.1) is 0 Å². The molecule has 0 atom stereocenters. The minimum Gasteiger partial charge on any atom is -0.378 e. The van der Waals surface area contributed by atoms with Gasteiger partial charge in [0.05, 0.1) is 30.7 Å². The summed E-state index contributed by atoms with van der Waals surface area (Å²) in [4.78, 5) is 21.5. The number of hydrogen-bond donors (Lipinski definition) is 1. The molecule has 1 aromatic heterocycles. The van der Waals surface area contributed by atoms with Gasteiger partial charge in [-0.3, -0.25) is 4.79 Å². The summed E-state index contributed by atoms with van der Waals surface area (Å²) < 4.78 is 5.38. The number of nitrogens with one attached hydrogen (secondary N) is 1. The third-order valence-electron chi connectivity index (χ3n) is 4.47. The Kier molecular flexibility index (Phi) is 5.89. The molecule has 4 rings (SSSR count). The number of hydrogen-bond acceptors (Lipinski definition) is 5. The number of carbonyl (C=O) groups excluding carboxylic acids is 1. The summed E-state index contributed by atoms with van der Waals surface area (Å²) in [5, 5.41) is 2.91. The number of amides is 1. The molecule has 0 unspecified atom stereocenters. The molecule has 1 aliphatic rings. The lowest BCUT2D eigenvalue weighted by Crippen LogP contribution is -2.36. The molecule has 0 saturated carbocycles. The van der Waals surface area contributed by atoms with Gasteiger partial charge in [-0.1, -0.05) is 42.1 Å². The van der Waals surface area contributed by atoms with Crippen LogP contribution in [0.2, 0.25) is 0 Å². The summed E-state index contributed by atoms with van der Waals surface area (Å²) in [5.41, 5.74) is 1.68. The van der Waals surface area contributed by atoms with E-state index in [1.165, 1.54) is 0 Å². The number of benzene rings is 2. The van der Waals surface area contributed by atoms with Gasteiger partial charge >= 0.3 is 0 Å². The summed E-state index contributed by atoms with van der Waals surface area (Å²) in [6, 6.07) is 21.5. The molecule has 1 amide bonds. The molecular weight excluding hydrogens is 370 g/mol. The zero-order valence-electron chi connectivity index (χ0n) is 15.4. The SMILES string of the molecule is O=C(Nc1ccc(N2CCOCC2)cn1)c1ccccc1Sc1ccccc1. The molecule has 0 spiro atoms. The first-order valence-corrected chi connectivity index (χ1v) is 10.0. The first kappa shape index (κ1) is 18.5. The van der Waals surface area contributed by atoms with Crippen molar-refractivity contribution in [3.05, 3.63) is 78.5 Å². The lowest BCUT2D eigenvalue weighted by Gasteiger charge is -2.28. The average Bonchev–Trinajstić information content (AvgIpc) is 2.76. The quantitative estimate of drug-likeness (QED) is 0.702. The number of carbonyl (C=O) groups is 1. The smallest absolute Gasteiger partial charge is 0.257 e. The van der Waals surface area contributed by atoms with E-state index in [1.54, 1.807) is 18.0 Å². The topological polar surface area (TPSA) is 54.5 Å². The van der Waals surface area contributed by atoms with Crippen LogP contribution in [0.15, 0.2) is 82.7 Å². The minimum atomic E-state index is -0.161. The number of morpholine rings is 1. The summed E-state index contributed by atoms with van der Waals surface area (Å²) in [6.45, 7) is 3.18. The maximum Gasteiger partial charge on any atom is 0.257 e. The highest BCUT2D eigenvalue weighted by molar-refractivity contribution is 7.99. The molecule has 2 aromatic carbocycles. The van der Waals surface area contributed by atoms with Crippen LogP contribution in [-0.4, -0.2) is 37.2 Å². The predicted octanol–water partition coefficient (Wildman–Crippen LogP) is 4.32. The molecular formula is C22H21N3O2S. The van der Waals surface area contributed by atoms with Crippen molar-refractivity contribution in [3.8, 4) is 0 Å². The normalized spacial score (nSPS) is 13.9. The Morgan fingerprint density at radius 3 is 2.46 bits per heavy atom. The van der Waals surface area contributed by atoms with Crippen LogP contribution in [0.5, 0.6) is 0 Å². The Balaban J connectivity index is 1.46. The van der Waals surface area contributed by atoms with Gasteiger partial charge in [-0.05, 0) is 36.4 Å². The number of ether oxygens (including phenoxy) is 1. The standard InChI is InChI=1S/C22H21N3O2S/c26-22(19-8-4-5-9-20(19)28-18-6-2-1-3-7-18)24-21-11-10-17(16-23-21)25-12-14-27-15-13-25/h1-11,16H,12-15H2,(H,23,24,26). The second kappa shape index (κ2) is 8.91. The van der Waals surface area contributed by atoms with E-state index in [0.717, 1.165) is 41.8 Å². The lowest BCUT2D eigenvalue weighted by molar-refractivity contribution is 0.102. The Hall–Kier alpha value is -2.83. The summed E-state index contributed by atoms with van der Waals surface area (Å²) >= 11 is 1.57. The number of rotatable bonds is 5. The van der Waals surface area contributed by atoms with Crippen molar-refractivity contribution < 1.29 is 9.53 Å². The molecule has 28 heavy (non-hydrogen) atoms. The van der Waals surface area contributed by atoms with Crippen LogP contribution in [0.4, 0.5) is 11.5 Å². The van der Waals surface area contributed by atoms with Crippen LogP contribution < -0.4 is 10.2 Å². The van der Waals surface area contributed by atoms with Crippen LogP contribution in [-0.2, 0) is 4.74 Å². The van der Waals surface area contributed by atoms with E-state index in [1.807, 2.05) is 66.7 Å². The van der Waals surface area contributed by atoms with Crippen LogP contribution in [0.3, 0.4) is 0 Å². The second-order valence-corrected chi connectivity index (χ2v) is 7.48. The molecule has 6 heteroatoms. The maximum absolute atomic E-state index is 12.8. The molecule has 2 heterocycles. The van der Waals surface area contributed by atoms with Gasteiger partial charge in [0.25, 0.3) is 5.91 Å². The van der Waals surface area contributed by atoms with Gasteiger partial charge in [-0.25, -0.2) is 4.98 Å². The van der Waals surface area contributed by atoms with Crippen LogP contribution in [0.25, 0.3) is 0 Å². The maximum atomic E-state index is 12.8. The van der Waals surface area contributed by atoms with E-state index in [0.29, 0.717) is 11.4 Å². The van der Waals surface area contributed by atoms with Gasteiger partial charge in [0, 0.05) is 22.9 Å². The predicted molar refractivity (Wildman–Crippen MR) is 112 cm³/mol. The van der Waals surface area contributed by atoms with Gasteiger partial charge in [0.2, 0.25) is 0 Å². The number of nitrogens with zero attached hydrogens (tertiary/aromatic N) is 2. The first-order chi connectivity index (χ1) is 13.8. The number of anilines is 2.